The molecule has 27 heavy (non-hydrogen) atoms. The SMILES string of the molecule is COc1ccc(Nc2nc3nc4cc(OC)c(OC)cc4n3[nH]2)cc1OC. The summed E-state index contributed by atoms with van der Waals surface area (Å²) < 4.78 is 23.0. The van der Waals surface area contributed by atoms with Crippen LogP contribution in [-0.2, 0) is 0 Å². The summed E-state index contributed by atoms with van der Waals surface area (Å²) >= 11 is 0. The molecular formula is C18H19N5O4. The Kier molecular flexibility index (Phi) is 4.11. The van der Waals surface area contributed by atoms with Crippen LogP contribution in [0.5, 0.6) is 23.0 Å². The van der Waals surface area contributed by atoms with Crippen LogP contribution in [0, 0.1) is 0 Å². The number of hydrogen-bond donors (Lipinski definition) is 2. The van der Waals surface area contributed by atoms with Gasteiger partial charge in [-0.3, -0.25) is 5.10 Å². The Balaban J connectivity index is 1.71. The number of rotatable bonds is 6. The molecule has 2 heterocycles. The van der Waals surface area contributed by atoms with Gasteiger partial charge in [0.25, 0.3) is 5.78 Å². The molecule has 0 unspecified atom stereocenters. The molecule has 9 nitrogen and oxygen atoms in total. The lowest BCUT2D eigenvalue weighted by Crippen LogP contribution is -1.96. The molecule has 0 saturated heterocycles. The first kappa shape index (κ1) is 16.8. The normalized spacial score (nSPS) is 11.0. The summed E-state index contributed by atoms with van der Waals surface area (Å²) in [6.45, 7) is 0. The quantitative estimate of drug-likeness (QED) is 0.539. The van der Waals surface area contributed by atoms with Crippen LogP contribution in [0.2, 0.25) is 0 Å². The van der Waals surface area contributed by atoms with Gasteiger partial charge in [-0.15, -0.1) is 0 Å². The van der Waals surface area contributed by atoms with Gasteiger partial charge in [0.15, 0.2) is 23.0 Å². The maximum absolute atomic E-state index is 5.37. The number of nitrogens with zero attached hydrogens (tertiary/aromatic N) is 3. The standard InChI is InChI=1S/C18H19N5O4/c1-24-13-6-5-10(7-14(13)25-2)19-17-21-18-20-11-8-15(26-3)16(27-4)9-12(11)23(18)22-17/h5-9H,1-4H3,(H2,19,20,21,22). The second-order valence-electron chi connectivity index (χ2n) is 5.71. The first-order valence-corrected chi connectivity index (χ1v) is 8.16. The van der Waals surface area contributed by atoms with Crippen LogP contribution in [0.25, 0.3) is 16.8 Å². The van der Waals surface area contributed by atoms with E-state index in [0.717, 1.165) is 16.7 Å². The second-order valence-corrected chi connectivity index (χ2v) is 5.71. The van der Waals surface area contributed by atoms with E-state index in [4.69, 9.17) is 18.9 Å². The van der Waals surface area contributed by atoms with Gasteiger partial charge >= 0.3 is 0 Å². The summed E-state index contributed by atoms with van der Waals surface area (Å²) in [6, 6.07) is 9.20. The number of nitrogens with one attached hydrogen (secondary N) is 2. The largest absolute Gasteiger partial charge is 0.493 e. The van der Waals surface area contributed by atoms with Crippen molar-refractivity contribution in [2.75, 3.05) is 33.8 Å². The number of imidazole rings is 1. The molecule has 140 valence electrons. The van der Waals surface area contributed by atoms with E-state index in [1.165, 1.54) is 0 Å². The molecule has 2 aromatic carbocycles. The third-order valence-corrected chi connectivity index (χ3v) is 4.22. The molecule has 0 spiro atoms. The Morgan fingerprint density at radius 3 is 2.19 bits per heavy atom. The summed E-state index contributed by atoms with van der Waals surface area (Å²) in [6.07, 6.45) is 0. The topological polar surface area (TPSA) is 94.9 Å². The van der Waals surface area contributed by atoms with Crippen molar-refractivity contribution in [1.82, 2.24) is 19.6 Å². The fourth-order valence-corrected chi connectivity index (χ4v) is 2.91. The van der Waals surface area contributed by atoms with Crippen molar-refractivity contribution < 1.29 is 18.9 Å². The molecule has 4 aromatic rings. The van der Waals surface area contributed by atoms with E-state index in [1.807, 2.05) is 30.3 Å². The number of methoxy groups -OCH3 is 4. The number of fused-ring (bicyclic) bond motifs is 3. The molecule has 0 bridgehead atoms. The van der Waals surface area contributed by atoms with Gasteiger partial charge in [-0.2, -0.15) is 4.98 Å². The van der Waals surface area contributed by atoms with E-state index in [1.54, 1.807) is 33.0 Å². The molecule has 0 aliphatic heterocycles. The third-order valence-electron chi connectivity index (χ3n) is 4.22. The highest BCUT2D eigenvalue weighted by Crippen LogP contribution is 2.33. The van der Waals surface area contributed by atoms with Gasteiger partial charge in [0, 0.05) is 23.9 Å². The van der Waals surface area contributed by atoms with Crippen molar-refractivity contribution in [3.8, 4) is 23.0 Å². The predicted octanol–water partition coefficient (Wildman–Crippen LogP) is 2.99. The van der Waals surface area contributed by atoms with Gasteiger partial charge in [0.05, 0.1) is 39.5 Å². The van der Waals surface area contributed by atoms with Gasteiger partial charge in [-0.1, -0.05) is 0 Å². The minimum atomic E-state index is 0.531. The van der Waals surface area contributed by atoms with Crippen molar-refractivity contribution in [2.45, 2.75) is 0 Å². The highest BCUT2D eigenvalue weighted by Gasteiger charge is 2.14. The molecule has 0 amide bonds. The summed E-state index contributed by atoms with van der Waals surface area (Å²) in [5.74, 6) is 3.60. The van der Waals surface area contributed by atoms with Crippen molar-refractivity contribution in [1.29, 1.82) is 0 Å². The van der Waals surface area contributed by atoms with Gasteiger partial charge in [0.2, 0.25) is 5.95 Å². The van der Waals surface area contributed by atoms with Gasteiger partial charge in [-0.05, 0) is 12.1 Å². The zero-order valence-electron chi connectivity index (χ0n) is 15.4. The van der Waals surface area contributed by atoms with Crippen LogP contribution in [-0.4, -0.2) is 48.0 Å². The Bertz CT molecular complexity index is 1120. The first-order valence-electron chi connectivity index (χ1n) is 8.16. The molecule has 0 atom stereocenters. The van der Waals surface area contributed by atoms with E-state index < -0.39 is 0 Å². The molecule has 9 heteroatoms. The maximum Gasteiger partial charge on any atom is 0.253 e. The summed E-state index contributed by atoms with van der Waals surface area (Å²) in [5, 5.41) is 6.39. The minimum Gasteiger partial charge on any atom is -0.493 e. The second kappa shape index (κ2) is 6.60. The first-order chi connectivity index (χ1) is 13.2. The van der Waals surface area contributed by atoms with Crippen LogP contribution in [0.1, 0.15) is 0 Å². The van der Waals surface area contributed by atoms with Crippen LogP contribution in [0.3, 0.4) is 0 Å². The Morgan fingerprint density at radius 2 is 1.48 bits per heavy atom. The minimum absolute atomic E-state index is 0.531. The van der Waals surface area contributed by atoms with Crippen molar-refractivity contribution in [2.24, 2.45) is 0 Å². The monoisotopic (exact) mass is 369 g/mol. The van der Waals surface area contributed by atoms with Gasteiger partial charge in [0.1, 0.15) is 0 Å². The summed E-state index contributed by atoms with van der Waals surface area (Å²) in [5.41, 5.74) is 2.38. The smallest absolute Gasteiger partial charge is 0.253 e. The fraction of sp³-hybridized carbons (Fsp3) is 0.222. The number of aromatic nitrogens is 4. The molecule has 0 fully saturated rings. The molecule has 0 aliphatic carbocycles. The molecule has 2 N–H and O–H groups in total. The zero-order valence-corrected chi connectivity index (χ0v) is 15.4. The van der Waals surface area contributed by atoms with Crippen LogP contribution < -0.4 is 24.3 Å². The number of ether oxygens (including phenoxy) is 4. The number of benzene rings is 2. The average Bonchev–Trinajstić information content (AvgIpc) is 3.23. The number of H-pyrrole nitrogens is 1. The third kappa shape index (κ3) is 2.82. The van der Waals surface area contributed by atoms with Crippen molar-refractivity contribution >= 4 is 28.4 Å². The summed E-state index contributed by atoms with van der Waals surface area (Å²) in [4.78, 5) is 9.01. The van der Waals surface area contributed by atoms with E-state index in [2.05, 4.69) is 20.4 Å². The van der Waals surface area contributed by atoms with E-state index in [0.29, 0.717) is 34.7 Å². The molecule has 2 aromatic heterocycles. The highest BCUT2D eigenvalue weighted by atomic mass is 16.5. The number of aromatic amines is 1. The highest BCUT2D eigenvalue weighted by molar-refractivity contribution is 5.83. The summed E-state index contributed by atoms with van der Waals surface area (Å²) in [7, 11) is 6.38. The van der Waals surface area contributed by atoms with Crippen molar-refractivity contribution in [3.63, 3.8) is 0 Å². The zero-order chi connectivity index (χ0) is 19.0. The Morgan fingerprint density at radius 1 is 0.815 bits per heavy atom. The lowest BCUT2D eigenvalue weighted by molar-refractivity contribution is 0.355. The molecule has 4 rings (SSSR count). The Hall–Kier alpha value is -3.62. The maximum atomic E-state index is 5.37. The van der Waals surface area contributed by atoms with E-state index in [9.17, 15) is 0 Å². The van der Waals surface area contributed by atoms with Crippen LogP contribution >= 0.6 is 0 Å². The molecule has 0 radical (unpaired) electrons. The predicted molar refractivity (Wildman–Crippen MR) is 101 cm³/mol. The molecule has 0 aliphatic rings. The van der Waals surface area contributed by atoms with E-state index in [-0.39, 0.29) is 0 Å². The number of anilines is 2. The van der Waals surface area contributed by atoms with E-state index >= 15 is 0 Å². The van der Waals surface area contributed by atoms with Gasteiger partial charge in [-0.25, -0.2) is 9.50 Å². The molecular weight excluding hydrogens is 350 g/mol. The fourth-order valence-electron chi connectivity index (χ4n) is 2.91. The van der Waals surface area contributed by atoms with Gasteiger partial charge < -0.3 is 24.3 Å². The average molecular weight is 369 g/mol. The van der Waals surface area contributed by atoms with Crippen LogP contribution in [0.15, 0.2) is 30.3 Å². The lowest BCUT2D eigenvalue weighted by Gasteiger charge is -2.09. The lowest BCUT2D eigenvalue weighted by atomic mass is 10.2. The number of hydrogen-bond acceptors (Lipinski definition) is 7. The van der Waals surface area contributed by atoms with Crippen molar-refractivity contribution in [3.05, 3.63) is 30.3 Å². The Labute approximate surface area is 154 Å². The molecule has 0 saturated carbocycles. The van der Waals surface area contributed by atoms with Crippen LogP contribution in [0.4, 0.5) is 11.6 Å².